The summed E-state index contributed by atoms with van der Waals surface area (Å²) < 4.78 is 5.20. The van der Waals surface area contributed by atoms with Gasteiger partial charge in [0.15, 0.2) is 0 Å². The van der Waals surface area contributed by atoms with Gasteiger partial charge in [-0.2, -0.15) is 0 Å². The van der Waals surface area contributed by atoms with Gasteiger partial charge in [0.2, 0.25) is 0 Å². The average Bonchev–Trinajstić information content (AvgIpc) is 2.72. The average molecular weight is 196 g/mol. The van der Waals surface area contributed by atoms with Gasteiger partial charge >= 0.3 is 6.03 Å². The zero-order chi connectivity index (χ0) is 9.80. The number of hydrogen-bond acceptors (Lipinski definition) is 2. The van der Waals surface area contributed by atoms with E-state index in [2.05, 4.69) is 11.4 Å². The molecule has 78 valence electrons. The Kier molecular flexibility index (Phi) is 3.03. The van der Waals surface area contributed by atoms with Crippen molar-refractivity contribution in [1.82, 2.24) is 10.2 Å². The van der Waals surface area contributed by atoms with Crippen molar-refractivity contribution in [1.29, 1.82) is 0 Å². The first-order valence-corrected chi connectivity index (χ1v) is 5.14. The zero-order valence-corrected chi connectivity index (χ0v) is 8.24. The van der Waals surface area contributed by atoms with E-state index in [0.29, 0.717) is 6.61 Å². The maximum Gasteiger partial charge on any atom is 0.317 e. The lowest BCUT2D eigenvalue weighted by atomic mass is 10.2. The molecule has 1 saturated heterocycles. The fourth-order valence-electron chi connectivity index (χ4n) is 1.74. The molecule has 0 aliphatic carbocycles. The summed E-state index contributed by atoms with van der Waals surface area (Å²) in [5.41, 5.74) is 0. The third-order valence-electron chi connectivity index (χ3n) is 2.60. The molecule has 1 unspecified atom stereocenters. The monoisotopic (exact) mass is 196 g/mol. The Balaban J connectivity index is 1.79. The first kappa shape index (κ1) is 9.52. The summed E-state index contributed by atoms with van der Waals surface area (Å²) in [6, 6.07) is 0.262. The van der Waals surface area contributed by atoms with Crippen molar-refractivity contribution in [2.24, 2.45) is 0 Å². The highest BCUT2D eigenvalue weighted by atomic mass is 16.5. The molecule has 0 radical (unpaired) electrons. The third-order valence-corrected chi connectivity index (χ3v) is 2.60. The SMILES string of the molecule is O=C(NC1CCOC1)N1CC=CCC1. The van der Waals surface area contributed by atoms with Crippen molar-refractivity contribution in [3.8, 4) is 0 Å². The van der Waals surface area contributed by atoms with E-state index in [1.54, 1.807) is 0 Å². The fraction of sp³-hybridized carbons (Fsp3) is 0.700. The second kappa shape index (κ2) is 4.46. The molecule has 0 spiro atoms. The highest BCUT2D eigenvalue weighted by Crippen LogP contribution is 2.06. The van der Waals surface area contributed by atoms with Crippen molar-refractivity contribution in [2.45, 2.75) is 18.9 Å². The van der Waals surface area contributed by atoms with Crippen molar-refractivity contribution in [3.63, 3.8) is 0 Å². The van der Waals surface area contributed by atoms with Crippen LogP contribution in [0.1, 0.15) is 12.8 Å². The molecule has 0 aromatic carbocycles. The molecule has 14 heavy (non-hydrogen) atoms. The van der Waals surface area contributed by atoms with E-state index in [9.17, 15) is 4.79 Å². The van der Waals surface area contributed by atoms with Gasteiger partial charge in [0.25, 0.3) is 0 Å². The lowest BCUT2D eigenvalue weighted by molar-refractivity contribution is 0.180. The number of rotatable bonds is 1. The van der Waals surface area contributed by atoms with Crippen LogP contribution in [0.3, 0.4) is 0 Å². The topological polar surface area (TPSA) is 41.6 Å². The molecule has 1 atom stereocenters. The second-order valence-corrected chi connectivity index (χ2v) is 3.72. The first-order valence-electron chi connectivity index (χ1n) is 5.14. The molecule has 2 amide bonds. The maximum absolute atomic E-state index is 11.7. The molecular weight excluding hydrogens is 180 g/mol. The number of urea groups is 1. The van der Waals surface area contributed by atoms with E-state index in [-0.39, 0.29) is 12.1 Å². The van der Waals surface area contributed by atoms with Crippen LogP contribution >= 0.6 is 0 Å². The molecule has 2 aliphatic heterocycles. The standard InChI is InChI=1S/C10H16N2O2/c13-10(11-9-4-7-14-8-9)12-5-2-1-3-6-12/h1-2,9H,3-8H2,(H,11,13). The quantitative estimate of drug-likeness (QED) is 0.629. The number of carbonyl (C=O) groups excluding carboxylic acids is 1. The number of nitrogens with one attached hydrogen (secondary N) is 1. The predicted molar refractivity (Wildman–Crippen MR) is 53.1 cm³/mol. The van der Waals surface area contributed by atoms with E-state index < -0.39 is 0 Å². The minimum atomic E-state index is 0.0462. The molecule has 4 nitrogen and oxygen atoms in total. The highest BCUT2D eigenvalue weighted by Gasteiger charge is 2.21. The van der Waals surface area contributed by atoms with Crippen LogP contribution in [0.5, 0.6) is 0 Å². The molecule has 2 aliphatic rings. The first-order chi connectivity index (χ1) is 6.86. The van der Waals surface area contributed by atoms with Crippen LogP contribution in [0.4, 0.5) is 4.79 Å². The molecule has 1 fully saturated rings. The van der Waals surface area contributed by atoms with Gasteiger partial charge in [-0.3, -0.25) is 0 Å². The molecule has 0 saturated carbocycles. The Bertz CT molecular complexity index is 234. The van der Waals surface area contributed by atoms with E-state index in [0.717, 1.165) is 32.5 Å². The van der Waals surface area contributed by atoms with Crippen LogP contribution < -0.4 is 5.32 Å². The van der Waals surface area contributed by atoms with Gasteiger partial charge < -0.3 is 15.0 Å². The summed E-state index contributed by atoms with van der Waals surface area (Å²) in [7, 11) is 0. The van der Waals surface area contributed by atoms with E-state index in [1.807, 2.05) is 11.0 Å². The number of nitrogens with zero attached hydrogens (tertiary/aromatic N) is 1. The number of carbonyl (C=O) groups is 1. The normalized spacial score (nSPS) is 26.6. The summed E-state index contributed by atoms with van der Waals surface area (Å²) >= 11 is 0. The summed E-state index contributed by atoms with van der Waals surface area (Å²) in [5.74, 6) is 0. The van der Waals surface area contributed by atoms with Crippen molar-refractivity contribution in [3.05, 3.63) is 12.2 Å². The van der Waals surface area contributed by atoms with Gasteiger partial charge in [0.05, 0.1) is 12.6 Å². The minimum absolute atomic E-state index is 0.0462. The lowest BCUT2D eigenvalue weighted by Crippen LogP contribution is -2.46. The predicted octanol–water partition coefficient (Wildman–Crippen LogP) is 0.747. The van der Waals surface area contributed by atoms with Gasteiger partial charge in [-0.25, -0.2) is 4.79 Å². The number of ether oxygens (including phenoxy) is 1. The molecule has 2 rings (SSSR count). The Morgan fingerprint density at radius 1 is 1.50 bits per heavy atom. The minimum Gasteiger partial charge on any atom is -0.379 e. The third kappa shape index (κ3) is 2.26. The van der Waals surface area contributed by atoms with E-state index in [4.69, 9.17) is 4.74 Å². The molecule has 2 heterocycles. The van der Waals surface area contributed by atoms with Crippen LogP contribution in [0.15, 0.2) is 12.2 Å². The molecule has 0 aromatic heterocycles. The van der Waals surface area contributed by atoms with Crippen LogP contribution in [0.25, 0.3) is 0 Å². The molecule has 0 aromatic rings. The molecular formula is C10H16N2O2. The summed E-state index contributed by atoms with van der Waals surface area (Å²) in [6.45, 7) is 3.00. The van der Waals surface area contributed by atoms with Gasteiger partial charge in [-0.1, -0.05) is 12.2 Å². The molecule has 1 N–H and O–H groups in total. The fourth-order valence-corrected chi connectivity index (χ4v) is 1.74. The van der Waals surface area contributed by atoms with Gasteiger partial charge in [-0.05, 0) is 12.8 Å². The van der Waals surface area contributed by atoms with Crippen LogP contribution in [0.2, 0.25) is 0 Å². The van der Waals surface area contributed by atoms with Gasteiger partial charge in [-0.15, -0.1) is 0 Å². The Morgan fingerprint density at radius 3 is 3.07 bits per heavy atom. The summed E-state index contributed by atoms with van der Waals surface area (Å²) in [5, 5.41) is 2.98. The van der Waals surface area contributed by atoms with Crippen LogP contribution in [-0.2, 0) is 4.74 Å². The number of hydrogen-bond donors (Lipinski definition) is 1. The Labute approximate surface area is 83.9 Å². The summed E-state index contributed by atoms with van der Waals surface area (Å²) in [4.78, 5) is 13.5. The number of amides is 2. The lowest BCUT2D eigenvalue weighted by Gasteiger charge is -2.25. The highest BCUT2D eigenvalue weighted by molar-refractivity contribution is 5.74. The van der Waals surface area contributed by atoms with Crippen molar-refractivity contribution in [2.75, 3.05) is 26.3 Å². The Hall–Kier alpha value is -1.03. The van der Waals surface area contributed by atoms with Gasteiger partial charge in [0.1, 0.15) is 0 Å². The zero-order valence-electron chi connectivity index (χ0n) is 8.24. The van der Waals surface area contributed by atoms with E-state index in [1.165, 1.54) is 0 Å². The molecule has 0 bridgehead atoms. The second-order valence-electron chi connectivity index (χ2n) is 3.72. The maximum atomic E-state index is 11.7. The van der Waals surface area contributed by atoms with Crippen molar-refractivity contribution >= 4 is 6.03 Å². The van der Waals surface area contributed by atoms with Crippen LogP contribution in [-0.4, -0.2) is 43.3 Å². The molecule has 4 heteroatoms. The smallest absolute Gasteiger partial charge is 0.317 e. The van der Waals surface area contributed by atoms with E-state index >= 15 is 0 Å². The largest absolute Gasteiger partial charge is 0.379 e. The van der Waals surface area contributed by atoms with Crippen molar-refractivity contribution < 1.29 is 9.53 Å². The van der Waals surface area contributed by atoms with Crippen LogP contribution in [0, 0.1) is 0 Å². The summed E-state index contributed by atoms with van der Waals surface area (Å²) in [6.07, 6.45) is 6.06. The Morgan fingerprint density at radius 2 is 2.43 bits per heavy atom. The van der Waals surface area contributed by atoms with Gasteiger partial charge in [0, 0.05) is 19.7 Å².